The molecule has 0 N–H and O–H groups in total. The summed E-state index contributed by atoms with van der Waals surface area (Å²) in [4.78, 5) is 6.61. The molecule has 1 fully saturated rings. The summed E-state index contributed by atoms with van der Waals surface area (Å²) >= 11 is 0. The Morgan fingerprint density at radius 1 is 1.50 bits per heavy atom. The van der Waals surface area contributed by atoms with E-state index in [2.05, 4.69) is 36.8 Å². The van der Waals surface area contributed by atoms with Gasteiger partial charge in [-0.25, -0.2) is 0 Å². The summed E-state index contributed by atoms with van der Waals surface area (Å²) in [6, 6.07) is 4.75. The fraction of sp³-hybridized carbons (Fsp3) is 0.583. The highest BCUT2D eigenvalue weighted by atomic mass is 15.2. The Hall–Kier alpha value is -0.890. The van der Waals surface area contributed by atoms with Gasteiger partial charge in [-0.2, -0.15) is 0 Å². The predicted octanol–water partition coefficient (Wildman–Crippen LogP) is 2.48. The minimum atomic E-state index is 0.440. The van der Waals surface area contributed by atoms with Crippen LogP contribution in [0.3, 0.4) is 0 Å². The second-order valence-electron chi connectivity index (χ2n) is 5.09. The van der Waals surface area contributed by atoms with E-state index in [1.807, 2.05) is 18.5 Å². The minimum Gasteiger partial charge on any atom is -0.299 e. The Morgan fingerprint density at radius 3 is 2.79 bits per heavy atom. The number of pyridine rings is 1. The molecule has 1 aliphatic heterocycles. The number of hydrogen-bond donors (Lipinski definition) is 0. The molecule has 2 heterocycles. The lowest BCUT2D eigenvalue weighted by Gasteiger charge is -2.18. The molecule has 2 nitrogen and oxygen atoms in total. The molecule has 1 saturated heterocycles. The second-order valence-corrected chi connectivity index (χ2v) is 5.09. The third kappa shape index (κ3) is 1.80. The SMILES string of the molecule is CN1CC(C)(C)CC1c1cccnc1. The Balaban J connectivity index is 2.21. The fourth-order valence-corrected chi connectivity index (χ4v) is 2.47. The van der Waals surface area contributed by atoms with Crippen LogP contribution in [0.1, 0.15) is 31.9 Å². The summed E-state index contributed by atoms with van der Waals surface area (Å²) in [6.45, 7) is 5.84. The zero-order valence-electron chi connectivity index (χ0n) is 9.20. The maximum atomic E-state index is 4.18. The monoisotopic (exact) mass is 190 g/mol. The van der Waals surface area contributed by atoms with Gasteiger partial charge in [0.2, 0.25) is 0 Å². The van der Waals surface area contributed by atoms with Crippen molar-refractivity contribution in [3.8, 4) is 0 Å². The summed E-state index contributed by atoms with van der Waals surface area (Å²) in [5, 5.41) is 0. The van der Waals surface area contributed by atoms with Gasteiger partial charge in [-0.15, -0.1) is 0 Å². The zero-order chi connectivity index (χ0) is 10.2. The quantitative estimate of drug-likeness (QED) is 0.676. The highest BCUT2D eigenvalue weighted by molar-refractivity contribution is 5.16. The van der Waals surface area contributed by atoms with Gasteiger partial charge in [0.25, 0.3) is 0 Å². The molecule has 2 heteroatoms. The average Bonchev–Trinajstić information content (AvgIpc) is 2.41. The number of aromatic nitrogens is 1. The van der Waals surface area contributed by atoms with Crippen LogP contribution < -0.4 is 0 Å². The van der Waals surface area contributed by atoms with Crippen molar-refractivity contribution in [1.29, 1.82) is 0 Å². The Morgan fingerprint density at radius 2 is 2.29 bits per heavy atom. The Kier molecular flexibility index (Phi) is 2.31. The van der Waals surface area contributed by atoms with Gasteiger partial charge in [-0.1, -0.05) is 19.9 Å². The highest BCUT2D eigenvalue weighted by Gasteiger charge is 2.35. The van der Waals surface area contributed by atoms with Crippen LogP contribution in [0.15, 0.2) is 24.5 Å². The van der Waals surface area contributed by atoms with Gasteiger partial charge in [-0.3, -0.25) is 9.88 Å². The van der Waals surface area contributed by atoms with Gasteiger partial charge >= 0.3 is 0 Å². The number of nitrogens with zero attached hydrogens (tertiary/aromatic N) is 2. The first-order valence-electron chi connectivity index (χ1n) is 5.19. The Labute approximate surface area is 86.0 Å². The van der Waals surface area contributed by atoms with Crippen molar-refractivity contribution in [2.24, 2.45) is 5.41 Å². The largest absolute Gasteiger partial charge is 0.299 e. The van der Waals surface area contributed by atoms with Crippen LogP contribution in [-0.4, -0.2) is 23.5 Å². The van der Waals surface area contributed by atoms with Crippen LogP contribution in [0.2, 0.25) is 0 Å². The Bertz CT molecular complexity index is 305. The lowest BCUT2D eigenvalue weighted by Crippen LogP contribution is -2.20. The first kappa shape index (κ1) is 9.66. The molecule has 0 aliphatic carbocycles. The van der Waals surface area contributed by atoms with Crippen molar-refractivity contribution in [3.63, 3.8) is 0 Å². The van der Waals surface area contributed by atoms with E-state index in [1.54, 1.807) is 0 Å². The minimum absolute atomic E-state index is 0.440. The third-order valence-corrected chi connectivity index (χ3v) is 3.02. The van der Waals surface area contributed by atoms with E-state index in [0.29, 0.717) is 11.5 Å². The van der Waals surface area contributed by atoms with Gasteiger partial charge in [0.15, 0.2) is 0 Å². The van der Waals surface area contributed by atoms with Gasteiger partial charge < -0.3 is 0 Å². The molecule has 1 aliphatic rings. The van der Waals surface area contributed by atoms with E-state index >= 15 is 0 Å². The maximum absolute atomic E-state index is 4.18. The molecule has 1 unspecified atom stereocenters. The summed E-state index contributed by atoms with van der Waals surface area (Å²) in [5.74, 6) is 0. The van der Waals surface area contributed by atoms with Crippen molar-refractivity contribution < 1.29 is 0 Å². The molecule has 1 aromatic heterocycles. The smallest absolute Gasteiger partial charge is 0.0366 e. The van der Waals surface area contributed by atoms with Crippen LogP contribution in [-0.2, 0) is 0 Å². The lowest BCUT2D eigenvalue weighted by molar-refractivity contribution is 0.299. The second kappa shape index (κ2) is 3.35. The van der Waals surface area contributed by atoms with Gasteiger partial charge in [0, 0.05) is 25.0 Å². The van der Waals surface area contributed by atoms with Crippen molar-refractivity contribution in [3.05, 3.63) is 30.1 Å². The first-order chi connectivity index (χ1) is 6.58. The molecule has 0 spiro atoms. The number of hydrogen-bond acceptors (Lipinski definition) is 2. The molecule has 1 atom stereocenters. The average molecular weight is 190 g/mol. The molecule has 1 aromatic rings. The number of rotatable bonds is 1. The molecule has 14 heavy (non-hydrogen) atoms. The molecule has 2 rings (SSSR count). The lowest BCUT2D eigenvalue weighted by atomic mass is 9.89. The van der Waals surface area contributed by atoms with Crippen LogP contribution >= 0.6 is 0 Å². The summed E-state index contributed by atoms with van der Waals surface area (Å²) in [6.07, 6.45) is 5.06. The molecule has 0 amide bonds. The van der Waals surface area contributed by atoms with Crippen LogP contribution in [0.4, 0.5) is 0 Å². The summed E-state index contributed by atoms with van der Waals surface area (Å²) in [5.41, 5.74) is 1.79. The van der Waals surface area contributed by atoms with Crippen LogP contribution in [0.25, 0.3) is 0 Å². The van der Waals surface area contributed by atoms with E-state index in [1.165, 1.54) is 18.5 Å². The van der Waals surface area contributed by atoms with Crippen LogP contribution in [0, 0.1) is 5.41 Å². The zero-order valence-corrected chi connectivity index (χ0v) is 9.20. The normalized spacial score (nSPS) is 26.6. The third-order valence-electron chi connectivity index (χ3n) is 3.02. The molecule has 0 bridgehead atoms. The molecule has 0 aromatic carbocycles. The van der Waals surface area contributed by atoms with E-state index in [9.17, 15) is 0 Å². The van der Waals surface area contributed by atoms with Crippen molar-refractivity contribution in [1.82, 2.24) is 9.88 Å². The predicted molar refractivity (Wildman–Crippen MR) is 58.0 cm³/mol. The topological polar surface area (TPSA) is 16.1 Å². The molecule has 0 radical (unpaired) electrons. The van der Waals surface area contributed by atoms with E-state index in [4.69, 9.17) is 0 Å². The molecular weight excluding hydrogens is 172 g/mol. The summed E-state index contributed by atoms with van der Waals surface area (Å²) in [7, 11) is 2.20. The maximum Gasteiger partial charge on any atom is 0.0366 e. The molecular formula is C12H18N2. The van der Waals surface area contributed by atoms with Crippen molar-refractivity contribution in [2.75, 3.05) is 13.6 Å². The standard InChI is InChI=1S/C12H18N2/c1-12(2)7-11(14(3)9-12)10-5-4-6-13-8-10/h4-6,8,11H,7,9H2,1-3H3. The van der Waals surface area contributed by atoms with E-state index in [-0.39, 0.29) is 0 Å². The van der Waals surface area contributed by atoms with Crippen molar-refractivity contribution >= 4 is 0 Å². The number of likely N-dealkylation sites (tertiary alicyclic amines) is 1. The van der Waals surface area contributed by atoms with Crippen LogP contribution in [0.5, 0.6) is 0 Å². The van der Waals surface area contributed by atoms with Gasteiger partial charge in [0.1, 0.15) is 0 Å². The molecule has 0 saturated carbocycles. The van der Waals surface area contributed by atoms with E-state index in [0.717, 1.165) is 0 Å². The highest BCUT2D eigenvalue weighted by Crippen LogP contribution is 2.40. The fourth-order valence-electron chi connectivity index (χ4n) is 2.47. The molecule has 76 valence electrons. The summed E-state index contributed by atoms with van der Waals surface area (Å²) < 4.78 is 0. The van der Waals surface area contributed by atoms with E-state index < -0.39 is 0 Å². The van der Waals surface area contributed by atoms with Gasteiger partial charge in [0.05, 0.1) is 0 Å². The van der Waals surface area contributed by atoms with Crippen molar-refractivity contribution in [2.45, 2.75) is 26.3 Å². The van der Waals surface area contributed by atoms with Gasteiger partial charge in [-0.05, 0) is 30.5 Å². The first-order valence-corrected chi connectivity index (χ1v) is 5.19.